The second-order valence-electron chi connectivity index (χ2n) is 4.90. The lowest BCUT2D eigenvalue weighted by atomic mass is 10.1. The molecule has 1 aliphatic heterocycles. The SMILES string of the molecule is CC1CN(Cc2ccc(F)cc2Br)CC(C)N1.Cl. The predicted molar refractivity (Wildman–Crippen MR) is 78.7 cm³/mol. The summed E-state index contributed by atoms with van der Waals surface area (Å²) in [5.74, 6) is -0.192. The lowest BCUT2D eigenvalue weighted by molar-refractivity contribution is 0.166. The predicted octanol–water partition coefficient (Wildman–Crippen LogP) is 3.19. The molecule has 1 aromatic rings. The molecule has 2 nitrogen and oxygen atoms in total. The fourth-order valence-electron chi connectivity index (χ4n) is 2.46. The maximum atomic E-state index is 13.0. The number of nitrogens with zero attached hydrogens (tertiary/aromatic N) is 1. The zero-order valence-corrected chi connectivity index (χ0v) is 13.0. The van der Waals surface area contributed by atoms with Gasteiger partial charge in [-0.15, -0.1) is 12.4 Å². The van der Waals surface area contributed by atoms with Crippen LogP contribution in [0.25, 0.3) is 0 Å². The van der Waals surface area contributed by atoms with Crippen LogP contribution in [-0.4, -0.2) is 30.1 Å². The van der Waals surface area contributed by atoms with Crippen LogP contribution in [0.4, 0.5) is 4.39 Å². The molecule has 18 heavy (non-hydrogen) atoms. The molecule has 2 rings (SSSR count). The van der Waals surface area contributed by atoms with Gasteiger partial charge in [0.1, 0.15) is 5.82 Å². The maximum absolute atomic E-state index is 13.0. The Labute approximate surface area is 122 Å². The molecule has 0 aromatic heterocycles. The van der Waals surface area contributed by atoms with Gasteiger partial charge in [0, 0.05) is 36.2 Å². The number of piperazine rings is 1. The first kappa shape index (κ1) is 15.9. The van der Waals surface area contributed by atoms with Gasteiger partial charge in [0.25, 0.3) is 0 Å². The van der Waals surface area contributed by atoms with Crippen LogP contribution < -0.4 is 5.32 Å². The van der Waals surface area contributed by atoms with E-state index in [1.54, 1.807) is 0 Å². The highest BCUT2D eigenvalue weighted by Gasteiger charge is 2.21. The molecule has 2 atom stereocenters. The monoisotopic (exact) mass is 336 g/mol. The third-order valence-corrected chi connectivity index (χ3v) is 3.78. The fraction of sp³-hybridized carbons (Fsp3) is 0.538. The number of hydrogen-bond acceptors (Lipinski definition) is 2. The lowest BCUT2D eigenvalue weighted by Crippen LogP contribution is -2.53. The van der Waals surface area contributed by atoms with E-state index in [0.29, 0.717) is 12.1 Å². The van der Waals surface area contributed by atoms with E-state index in [4.69, 9.17) is 0 Å². The summed E-state index contributed by atoms with van der Waals surface area (Å²) in [5.41, 5.74) is 1.15. The second-order valence-corrected chi connectivity index (χ2v) is 5.75. The Bertz CT molecular complexity index is 393. The molecule has 2 unspecified atom stereocenters. The molecule has 1 N–H and O–H groups in total. The molecule has 0 amide bonds. The Morgan fingerprint density at radius 1 is 1.33 bits per heavy atom. The van der Waals surface area contributed by atoms with Crippen LogP contribution >= 0.6 is 28.3 Å². The van der Waals surface area contributed by atoms with E-state index in [9.17, 15) is 4.39 Å². The first-order valence-corrected chi connectivity index (χ1v) is 6.76. The Balaban J connectivity index is 0.00000162. The highest BCUT2D eigenvalue weighted by molar-refractivity contribution is 9.10. The number of benzene rings is 1. The van der Waals surface area contributed by atoms with E-state index in [1.165, 1.54) is 12.1 Å². The summed E-state index contributed by atoms with van der Waals surface area (Å²) >= 11 is 3.42. The Morgan fingerprint density at radius 3 is 2.50 bits per heavy atom. The van der Waals surface area contributed by atoms with Crippen molar-refractivity contribution in [1.29, 1.82) is 0 Å². The minimum atomic E-state index is -0.192. The van der Waals surface area contributed by atoms with E-state index >= 15 is 0 Å². The van der Waals surface area contributed by atoms with Gasteiger partial charge < -0.3 is 5.32 Å². The number of nitrogens with one attached hydrogen (secondary N) is 1. The summed E-state index contributed by atoms with van der Waals surface area (Å²) < 4.78 is 13.9. The molecule has 1 saturated heterocycles. The van der Waals surface area contributed by atoms with Gasteiger partial charge >= 0.3 is 0 Å². The minimum Gasteiger partial charge on any atom is -0.309 e. The summed E-state index contributed by atoms with van der Waals surface area (Å²) in [6.45, 7) is 7.34. The Hall–Kier alpha value is -0.160. The van der Waals surface area contributed by atoms with Crippen molar-refractivity contribution in [2.24, 2.45) is 0 Å². The second kappa shape index (κ2) is 6.85. The maximum Gasteiger partial charge on any atom is 0.124 e. The molecule has 1 aliphatic rings. The van der Waals surface area contributed by atoms with Crippen molar-refractivity contribution in [2.75, 3.05) is 13.1 Å². The Kier molecular flexibility index (Phi) is 6.05. The summed E-state index contributed by atoms with van der Waals surface area (Å²) in [5, 5.41) is 3.51. The fourth-order valence-corrected chi connectivity index (χ4v) is 2.94. The largest absolute Gasteiger partial charge is 0.309 e. The van der Waals surface area contributed by atoms with Crippen molar-refractivity contribution in [1.82, 2.24) is 10.2 Å². The quantitative estimate of drug-likeness (QED) is 0.891. The molecule has 0 spiro atoms. The highest BCUT2D eigenvalue weighted by Crippen LogP contribution is 2.20. The molecular formula is C13H19BrClFN2. The molecule has 0 aliphatic carbocycles. The summed E-state index contributed by atoms with van der Waals surface area (Å²) in [6, 6.07) is 5.94. The Morgan fingerprint density at radius 2 is 1.94 bits per heavy atom. The van der Waals surface area contributed by atoms with Crippen LogP contribution in [0.2, 0.25) is 0 Å². The zero-order chi connectivity index (χ0) is 12.4. The van der Waals surface area contributed by atoms with Crippen molar-refractivity contribution < 1.29 is 4.39 Å². The van der Waals surface area contributed by atoms with Gasteiger partial charge in [-0.3, -0.25) is 4.90 Å². The van der Waals surface area contributed by atoms with Crippen molar-refractivity contribution in [3.8, 4) is 0 Å². The smallest absolute Gasteiger partial charge is 0.124 e. The van der Waals surface area contributed by atoms with E-state index in [2.05, 4.69) is 40.0 Å². The van der Waals surface area contributed by atoms with Gasteiger partial charge in [-0.25, -0.2) is 4.39 Å². The van der Waals surface area contributed by atoms with Gasteiger partial charge in [0.05, 0.1) is 0 Å². The van der Waals surface area contributed by atoms with E-state index < -0.39 is 0 Å². The summed E-state index contributed by atoms with van der Waals surface area (Å²) in [6.07, 6.45) is 0. The summed E-state index contributed by atoms with van der Waals surface area (Å²) in [7, 11) is 0. The van der Waals surface area contributed by atoms with Crippen molar-refractivity contribution in [3.63, 3.8) is 0 Å². The lowest BCUT2D eigenvalue weighted by Gasteiger charge is -2.36. The molecule has 1 aromatic carbocycles. The minimum absolute atomic E-state index is 0. The molecule has 1 fully saturated rings. The van der Waals surface area contributed by atoms with Gasteiger partial charge in [-0.2, -0.15) is 0 Å². The molecule has 102 valence electrons. The first-order chi connectivity index (χ1) is 8.04. The van der Waals surface area contributed by atoms with E-state index in [-0.39, 0.29) is 18.2 Å². The van der Waals surface area contributed by atoms with Crippen LogP contribution in [-0.2, 0) is 6.54 Å². The van der Waals surface area contributed by atoms with Gasteiger partial charge in [0.2, 0.25) is 0 Å². The molecular weight excluding hydrogens is 319 g/mol. The summed E-state index contributed by atoms with van der Waals surface area (Å²) in [4.78, 5) is 2.41. The molecule has 1 heterocycles. The van der Waals surface area contributed by atoms with Crippen LogP contribution in [0, 0.1) is 5.82 Å². The molecule has 0 saturated carbocycles. The average molecular weight is 338 g/mol. The van der Waals surface area contributed by atoms with Gasteiger partial charge in [-0.05, 0) is 31.5 Å². The van der Waals surface area contributed by atoms with Crippen molar-refractivity contribution in [3.05, 3.63) is 34.1 Å². The van der Waals surface area contributed by atoms with E-state index in [1.807, 2.05) is 6.07 Å². The first-order valence-electron chi connectivity index (χ1n) is 5.97. The normalized spacial score (nSPS) is 24.7. The number of hydrogen-bond donors (Lipinski definition) is 1. The molecule has 0 radical (unpaired) electrons. The molecule has 0 bridgehead atoms. The van der Waals surface area contributed by atoms with Crippen molar-refractivity contribution >= 4 is 28.3 Å². The van der Waals surface area contributed by atoms with E-state index in [0.717, 1.165) is 29.7 Å². The zero-order valence-electron chi connectivity index (χ0n) is 10.6. The number of halogens is 3. The van der Waals surface area contributed by atoms with Crippen LogP contribution in [0.5, 0.6) is 0 Å². The number of rotatable bonds is 2. The topological polar surface area (TPSA) is 15.3 Å². The van der Waals surface area contributed by atoms with Crippen LogP contribution in [0.15, 0.2) is 22.7 Å². The van der Waals surface area contributed by atoms with Crippen molar-refractivity contribution in [2.45, 2.75) is 32.5 Å². The molecule has 5 heteroatoms. The van der Waals surface area contributed by atoms with Gasteiger partial charge in [-0.1, -0.05) is 22.0 Å². The average Bonchev–Trinajstić information content (AvgIpc) is 2.21. The third kappa shape index (κ3) is 4.19. The third-order valence-electron chi connectivity index (χ3n) is 3.04. The van der Waals surface area contributed by atoms with Crippen LogP contribution in [0.3, 0.4) is 0 Å². The van der Waals surface area contributed by atoms with Crippen LogP contribution in [0.1, 0.15) is 19.4 Å². The highest BCUT2D eigenvalue weighted by atomic mass is 79.9. The standard InChI is InChI=1S/C13H18BrFN2.ClH/c1-9-6-17(7-10(2)16-9)8-11-3-4-12(15)5-13(11)14;/h3-5,9-10,16H,6-8H2,1-2H3;1H. The van der Waals surface area contributed by atoms with Gasteiger partial charge in [0.15, 0.2) is 0 Å².